The number of fused-ring (bicyclic) bond motifs is 1. The summed E-state index contributed by atoms with van der Waals surface area (Å²) in [6, 6.07) is 9.48. The van der Waals surface area contributed by atoms with E-state index in [1.165, 1.54) is 29.2 Å². The minimum atomic E-state index is -4.34. The third-order valence-corrected chi connectivity index (χ3v) is 8.23. The second-order valence-corrected chi connectivity index (χ2v) is 12.4. The van der Waals surface area contributed by atoms with Gasteiger partial charge in [0.25, 0.3) is 10.0 Å². The molecule has 2 aromatic carbocycles. The Hall–Kier alpha value is -3.32. The first kappa shape index (κ1) is 23.4. The first-order chi connectivity index (χ1) is 16.4. The molecule has 1 saturated heterocycles. The number of amides is 1. The monoisotopic (exact) mass is 520 g/mol. The van der Waals surface area contributed by atoms with Gasteiger partial charge in [0.1, 0.15) is 16.5 Å². The fourth-order valence-corrected chi connectivity index (χ4v) is 6.18. The first-order valence-electron chi connectivity index (χ1n) is 10.7. The molecule has 3 aliphatic rings. The first-order valence-corrected chi connectivity index (χ1v) is 14.0. The van der Waals surface area contributed by atoms with Crippen LogP contribution < -0.4 is 10.0 Å². The predicted molar refractivity (Wildman–Crippen MR) is 125 cm³/mol. The Bertz CT molecular complexity index is 1500. The van der Waals surface area contributed by atoms with Gasteiger partial charge in [0, 0.05) is 24.2 Å². The van der Waals surface area contributed by atoms with E-state index in [-0.39, 0.29) is 41.0 Å². The number of ketones is 1. The van der Waals surface area contributed by atoms with Crippen LogP contribution >= 0.6 is 0 Å². The second-order valence-electron chi connectivity index (χ2n) is 9.06. The molecule has 2 aromatic rings. The van der Waals surface area contributed by atoms with Crippen molar-refractivity contribution >= 4 is 48.9 Å². The average molecular weight is 521 g/mol. The van der Waals surface area contributed by atoms with Gasteiger partial charge in [0.15, 0.2) is 11.7 Å². The number of benzene rings is 2. The molecule has 2 aliphatic heterocycles. The minimum absolute atomic E-state index is 0.0301. The third kappa shape index (κ3) is 4.41. The Morgan fingerprint density at radius 2 is 1.86 bits per heavy atom. The van der Waals surface area contributed by atoms with Gasteiger partial charge in [-0.05, 0) is 48.7 Å². The van der Waals surface area contributed by atoms with Crippen molar-refractivity contribution in [3.05, 3.63) is 53.8 Å². The van der Waals surface area contributed by atoms with Crippen LogP contribution in [0, 0.1) is 17.2 Å². The molecule has 1 atom stereocenters. The van der Waals surface area contributed by atoms with Crippen molar-refractivity contribution in [3.8, 4) is 0 Å². The van der Waals surface area contributed by atoms with Crippen LogP contribution in [0.1, 0.15) is 18.4 Å². The van der Waals surface area contributed by atoms with E-state index < -0.39 is 43.1 Å². The van der Waals surface area contributed by atoms with Crippen LogP contribution in [0.2, 0.25) is 0 Å². The van der Waals surface area contributed by atoms with E-state index in [9.17, 15) is 30.8 Å². The fraction of sp³-hybridized carbons (Fsp3) is 0.318. The fourth-order valence-electron chi connectivity index (χ4n) is 4.44. The molecule has 2 fully saturated rings. The summed E-state index contributed by atoms with van der Waals surface area (Å²) in [4.78, 5) is 27.9. The second kappa shape index (κ2) is 7.85. The molecular weight excluding hydrogens is 499 g/mol. The zero-order valence-electron chi connectivity index (χ0n) is 18.5. The molecule has 2 heterocycles. The van der Waals surface area contributed by atoms with Crippen LogP contribution in [-0.4, -0.2) is 52.1 Å². The molecule has 184 valence electrons. The van der Waals surface area contributed by atoms with Crippen LogP contribution in [0.5, 0.6) is 0 Å². The maximum absolute atomic E-state index is 13.4. The molecular formula is C22H21FN4O6S2. The molecule has 10 nitrogen and oxygen atoms in total. The van der Waals surface area contributed by atoms with Gasteiger partial charge < -0.3 is 10.2 Å². The molecule has 2 N–H and O–H groups in total. The van der Waals surface area contributed by atoms with Gasteiger partial charge in [-0.1, -0.05) is 12.1 Å². The van der Waals surface area contributed by atoms with Crippen molar-refractivity contribution < 1.29 is 30.8 Å². The van der Waals surface area contributed by atoms with Crippen molar-refractivity contribution in [2.75, 3.05) is 22.8 Å². The Morgan fingerprint density at radius 3 is 2.49 bits per heavy atom. The molecule has 35 heavy (non-hydrogen) atoms. The number of sulfonamides is 2. The zero-order chi connectivity index (χ0) is 25.2. The van der Waals surface area contributed by atoms with Gasteiger partial charge in [-0.3, -0.25) is 14.3 Å². The Kier molecular flexibility index (Phi) is 5.25. The van der Waals surface area contributed by atoms with Gasteiger partial charge >= 0.3 is 0 Å². The highest BCUT2D eigenvalue weighted by Gasteiger charge is 2.60. The van der Waals surface area contributed by atoms with E-state index in [4.69, 9.17) is 0 Å². The number of carbonyl (C=O) groups excluding carboxylic acids is 2. The summed E-state index contributed by atoms with van der Waals surface area (Å²) in [6.45, 7) is 0.345. The largest absolute Gasteiger partial charge is 0.341 e. The van der Waals surface area contributed by atoms with Crippen molar-refractivity contribution in [1.82, 2.24) is 4.90 Å². The highest BCUT2D eigenvalue weighted by molar-refractivity contribution is 7.92. The van der Waals surface area contributed by atoms with E-state index in [0.717, 1.165) is 12.3 Å². The number of anilines is 2. The summed E-state index contributed by atoms with van der Waals surface area (Å²) in [7, 11) is -7.98. The summed E-state index contributed by atoms with van der Waals surface area (Å²) >= 11 is 0. The highest BCUT2D eigenvalue weighted by Crippen LogP contribution is 2.52. The normalized spacial score (nSPS) is 22.3. The number of rotatable bonds is 5. The lowest BCUT2D eigenvalue weighted by Crippen LogP contribution is -2.55. The molecule has 0 bridgehead atoms. The van der Waals surface area contributed by atoms with E-state index >= 15 is 0 Å². The maximum atomic E-state index is 13.4. The molecule has 1 unspecified atom stereocenters. The Balaban J connectivity index is 1.48. The standard InChI is InChI=1S/C22H21FN4O6S2/c1-34(30,31)25-15-6-7-16-17(10-15)35(32,33)26-20(24-16)18-19(28)22(8-9-22)12-27(21(18)29)11-13-2-4-14(23)5-3-13/h2-7,10,18,25H,8-9,11-12H2,1H3,(H,24,26). The summed E-state index contributed by atoms with van der Waals surface area (Å²) < 4.78 is 68.2. The number of amidine groups is 1. The van der Waals surface area contributed by atoms with Gasteiger partial charge in [-0.2, -0.15) is 8.42 Å². The Labute approximate surface area is 201 Å². The Morgan fingerprint density at radius 1 is 1.17 bits per heavy atom. The zero-order valence-corrected chi connectivity index (χ0v) is 20.1. The van der Waals surface area contributed by atoms with E-state index in [1.807, 2.05) is 0 Å². The van der Waals surface area contributed by atoms with Crippen LogP contribution in [0.25, 0.3) is 0 Å². The minimum Gasteiger partial charge on any atom is -0.341 e. The smallest absolute Gasteiger partial charge is 0.286 e. The molecule has 1 spiro atoms. The molecule has 1 saturated carbocycles. The summed E-state index contributed by atoms with van der Waals surface area (Å²) in [5.41, 5.74) is 0.0274. The van der Waals surface area contributed by atoms with Crippen molar-refractivity contribution in [3.63, 3.8) is 0 Å². The summed E-state index contributed by atoms with van der Waals surface area (Å²) in [5.74, 6) is -3.09. The van der Waals surface area contributed by atoms with Crippen molar-refractivity contribution in [2.24, 2.45) is 15.7 Å². The molecule has 1 amide bonds. The lowest BCUT2D eigenvalue weighted by molar-refractivity contribution is -0.147. The van der Waals surface area contributed by atoms with Gasteiger partial charge in [0.2, 0.25) is 15.9 Å². The quantitative estimate of drug-likeness (QED) is 0.572. The lowest BCUT2D eigenvalue weighted by Gasteiger charge is -2.37. The number of piperidine rings is 1. The average Bonchev–Trinajstić information content (AvgIpc) is 3.53. The summed E-state index contributed by atoms with van der Waals surface area (Å²) in [5, 5.41) is 2.81. The van der Waals surface area contributed by atoms with Crippen molar-refractivity contribution in [1.29, 1.82) is 0 Å². The number of Topliss-reactive ketones (excluding diaryl/α,β-unsaturated/α-hetero) is 1. The van der Waals surface area contributed by atoms with Gasteiger partial charge in [0.05, 0.1) is 11.9 Å². The van der Waals surface area contributed by atoms with Gasteiger partial charge in [-0.25, -0.2) is 12.8 Å². The van der Waals surface area contributed by atoms with E-state index in [0.29, 0.717) is 18.4 Å². The lowest BCUT2D eigenvalue weighted by atomic mass is 9.83. The topological polar surface area (TPSA) is 142 Å². The number of carbonyl (C=O) groups is 2. The molecule has 0 aromatic heterocycles. The number of halogens is 1. The summed E-state index contributed by atoms with van der Waals surface area (Å²) in [6.07, 6.45) is 2.08. The number of likely N-dealkylation sites (tertiary alicyclic amines) is 1. The number of hydrogen-bond acceptors (Lipinski definition) is 7. The highest BCUT2D eigenvalue weighted by atomic mass is 32.2. The van der Waals surface area contributed by atoms with E-state index in [2.05, 4.69) is 14.4 Å². The van der Waals surface area contributed by atoms with Crippen molar-refractivity contribution in [2.45, 2.75) is 24.3 Å². The van der Waals surface area contributed by atoms with Crippen LogP contribution in [0.3, 0.4) is 0 Å². The molecule has 13 heteroatoms. The molecule has 0 radical (unpaired) electrons. The third-order valence-electron chi connectivity index (χ3n) is 6.29. The van der Waals surface area contributed by atoms with Gasteiger partial charge in [-0.15, -0.1) is 4.40 Å². The number of hydrogen-bond donors (Lipinski definition) is 2. The molecule has 5 rings (SSSR count). The van der Waals surface area contributed by atoms with Crippen LogP contribution in [0.4, 0.5) is 15.8 Å². The predicted octanol–water partition coefficient (Wildman–Crippen LogP) is 1.72. The van der Waals surface area contributed by atoms with Crippen LogP contribution in [0.15, 0.2) is 51.8 Å². The number of nitrogens with zero attached hydrogens (tertiary/aromatic N) is 2. The number of nitrogens with one attached hydrogen (secondary N) is 2. The van der Waals surface area contributed by atoms with Crippen LogP contribution in [-0.2, 0) is 36.2 Å². The SMILES string of the molecule is CS(=O)(=O)Nc1ccc2c(c1)S(=O)(=O)N=C(C1C(=O)N(Cc3ccc(F)cc3)CC3(CC3)C1=O)N2. The van der Waals surface area contributed by atoms with E-state index in [1.54, 1.807) is 12.1 Å². The maximum Gasteiger partial charge on any atom is 0.286 e. The molecule has 1 aliphatic carbocycles.